The first-order valence-corrected chi connectivity index (χ1v) is 8.01. The highest BCUT2D eigenvalue weighted by atomic mass is 32.2. The number of nitrogens with one attached hydrogen (secondary N) is 1. The van der Waals surface area contributed by atoms with Gasteiger partial charge in [-0.25, -0.2) is 4.98 Å². The highest BCUT2D eigenvalue weighted by Gasteiger charge is 2.33. The summed E-state index contributed by atoms with van der Waals surface area (Å²) in [5, 5.41) is 9.42. The maximum Gasteiger partial charge on any atom is 0.232 e. The maximum absolute atomic E-state index is 5.40. The molecule has 2 aromatic rings. The maximum atomic E-state index is 5.40. The first-order chi connectivity index (χ1) is 8.88. The second kappa shape index (κ2) is 5.38. The molecule has 96 valence electrons. The highest BCUT2D eigenvalue weighted by Crippen LogP contribution is 2.32. The summed E-state index contributed by atoms with van der Waals surface area (Å²) in [4.78, 5) is 8.67. The van der Waals surface area contributed by atoms with Gasteiger partial charge in [-0.15, -0.1) is 11.3 Å². The lowest BCUT2D eigenvalue weighted by atomic mass is 10.0. The average Bonchev–Trinajstić information content (AvgIpc) is 3.10. The van der Waals surface area contributed by atoms with Gasteiger partial charge in [0.05, 0.1) is 11.4 Å². The molecule has 3 heterocycles. The van der Waals surface area contributed by atoms with Gasteiger partial charge < -0.3 is 9.84 Å². The molecule has 1 aliphatic heterocycles. The molecule has 2 atom stereocenters. The van der Waals surface area contributed by atoms with Crippen LogP contribution in [0.2, 0.25) is 0 Å². The number of aromatic nitrogens is 3. The van der Waals surface area contributed by atoms with Crippen molar-refractivity contribution >= 4 is 23.1 Å². The molecule has 7 heteroatoms. The minimum atomic E-state index is 0.315. The number of hydrogen-bond acceptors (Lipinski definition) is 7. The third kappa shape index (κ3) is 2.30. The SMILES string of the molecule is CCNC1CSCC1c1nc(-c2cscn2)no1. The van der Waals surface area contributed by atoms with Crippen LogP contribution in [0, 0.1) is 0 Å². The molecule has 0 aromatic carbocycles. The lowest BCUT2D eigenvalue weighted by Gasteiger charge is -2.15. The molecule has 0 radical (unpaired) electrons. The summed E-state index contributed by atoms with van der Waals surface area (Å²) in [6.45, 7) is 3.09. The highest BCUT2D eigenvalue weighted by molar-refractivity contribution is 7.99. The van der Waals surface area contributed by atoms with E-state index in [9.17, 15) is 0 Å². The van der Waals surface area contributed by atoms with Gasteiger partial charge in [0, 0.05) is 22.9 Å². The molecule has 0 bridgehead atoms. The zero-order valence-electron chi connectivity index (χ0n) is 10.00. The smallest absolute Gasteiger partial charge is 0.232 e. The molecule has 1 aliphatic rings. The summed E-state index contributed by atoms with van der Waals surface area (Å²) in [6, 6.07) is 0.434. The second-order valence-electron chi connectivity index (χ2n) is 4.14. The second-order valence-corrected chi connectivity index (χ2v) is 5.93. The zero-order chi connectivity index (χ0) is 12.4. The minimum Gasteiger partial charge on any atom is -0.339 e. The summed E-state index contributed by atoms with van der Waals surface area (Å²) < 4.78 is 5.40. The van der Waals surface area contributed by atoms with Gasteiger partial charge in [0.1, 0.15) is 5.69 Å². The van der Waals surface area contributed by atoms with Crippen molar-refractivity contribution in [2.75, 3.05) is 18.1 Å². The summed E-state index contributed by atoms with van der Waals surface area (Å²) in [5.74, 6) is 3.78. The molecule has 1 fully saturated rings. The van der Waals surface area contributed by atoms with E-state index in [-0.39, 0.29) is 0 Å². The topological polar surface area (TPSA) is 63.8 Å². The van der Waals surface area contributed by atoms with Crippen molar-refractivity contribution in [3.8, 4) is 11.5 Å². The van der Waals surface area contributed by atoms with Gasteiger partial charge >= 0.3 is 0 Å². The van der Waals surface area contributed by atoms with Gasteiger partial charge in [0.2, 0.25) is 11.7 Å². The number of thiazole rings is 1. The molecule has 0 saturated carbocycles. The third-order valence-electron chi connectivity index (χ3n) is 2.97. The van der Waals surface area contributed by atoms with Crippen LogP contribution in [0.15, 0.2) is 15.4 Å². The van der Waals surface area contributed by atoms with Crippen LogP contribution >= 0.6 is 23.1 Å². The van der Waals surface area contributed by atoms with E-state index < -0.39 is 0 Å². The van der Waals surface area contributed by atoms with E-state index in [1.54, 1.807) is 5.51 Å². The lowest BCUT2D eigenvalue weighted by molar-refractivity contribution is 0.340. The Kier molecular flexibility index (Phi) is 3.62. The number of hydrogen-bond donors (Lipinski definition) is 1. The fraction of sp³-hybridized carbons (Fsp3) is 0.545. The van der Waals surface area contributed by atoms with Crippen LogP contribution in [0.1, 0.15) is 18.7 Å². The van der Waals surface area contributed by atoms with Gasteiger partial charge in [-0.3, -0.25) is 0 Å². The van der Waals surface area contributed by atoms with Crippen molar-refractivity contribution in [3.63, 3.8) is 0 Å². The first-order valence-electron chi connectivity index (χ1n) is 5.91. The van der Waals surface area contributed by atoms with E-state index in [0.29, 0.717) is 17.8 Å². The monoisotopic (exact) mass is 282 g/mol. The normalized spacial score (nSPS) is 23.6. The van der Waals surface area contributed by atoms with Crippen LogP contribution < -0.4 is 5.32 Å². The average molecular weight is 282 g/mol. The Morgan fingerprint density at radius 1 is 1.50 bits per heavy atom. The fourth-order valence-electron chi connectivity index (χ4n) is 2.07. The van der Waals surface area contributed by atoms with Crippen molar-refractivity contribution < 1.29 is 4.52 Å². The molecular weight excluding hydrogens is 268 g/mol. The van der Waals surface area contributed by atoms with Crippen molar-refractivity contribution in [2.24, 2.45) is 0 Å². The standard InChI is InChI=1S/C11H14N4OS2/c1-2-12-8-4-17-3-7(8)11-14-10(15-16-11)9-5-18-6-13-9/h5-8,12H,2-4H2,1H3. The number of nitrogens with zero attached hydrogens (tertiary/aromatic N) is 3. The molecule has 1 N–H and O–H groups in total. The van der Waals surface area contributed by atoms with E-state index in [0.717, 1.165) is 29.6 Å². The Labute approximate surface area is 113 Å². The summed E-state index contributed by atoms with van der Waals surface area (Å²) in [7, 11) is 0. The Hall–Kier alpha value is -0.920. The minimum absolute atomic E-state index is 0.315. The lowest BCUT2D eigenvalue weighted by Crippen LogP contribution is -2.34. The zero-order valence-corrected chi connectivity index (χ0v) is 11.6. The van der Waals surface area contributed by atoms with Crippen molar-refractivity contribution in [2.45, 2.75) is 18.9 Å². The van der Waals surface area contributed by atoms with Crippen molar-refractivity contribution in [1.29, 1.82) is 0 Å². The molecule has 2 unspecified atom stereocenters. The fourth-order valence-corrected chi connectivity index (χ4v) is 3.97. The van der Waals surface area contributed by atoms with E-state index in [2.05, 4.69) is 27.4 Å². The van der Waals surface area contributed by atoms with Gasteiger partial charge in [0.25, 0.3) is 0 Å². The van der Waals surface area contributed by atoms with E-state index in [1.807, 2.05) is 17.1 Å². The molecule has 2 aromatic heterocycles. The Balaban J connectivity index is 1.80. The molecular formula is C11H14N4OS2. The van der Waals surface area contributed by atoms with Gasteiger partial charge in [-0.1, -0.05) is 12.1 Å². The molecule has 18 heavy (non-hydrogen) atoms. The van der Waals surface area contributed by atoms with E-state index in [4.69, 9.17) is 4.52 Å². The summed E-state index contributed by atoms with van der Waals surface area (Å²) in [6.07, 6.45) is 0. The predicted molar refractivity (Wildman–Crippen MR) is 72.9 cm³/mol. The molecule has 0 aliphatic carbocycles. The molecule has 3 rings (SSSR count). The van der Waals surface area contributed by atoms with Crippen LogP contribution in [0.4, 0.5) is 0 Å². The van der Waals surface area contributed by atoms with E-state index in [1.165, 1.54) is 11.3 Å². The number of rotatable bonds is 4. The van der Waals surface area contributed by atoms with Crippen LogP contribution in [0.5, 0.6) is 0 Å². The van der Waals surface area contributed by atoms with Crippen LogP contribution in [-0.4, -0.2) is 39.2 Å². The summed E-state index contributed by atoms with van der Waals surface area (Å²) in [5.41, 5.74) is 2.57. The Morgan fingerprint density at radius 2 is 2.44 bits per heavy atom. The van der Waals surface area contributed by atoms with Crippen molar-refractivity contribution in [1.82, 2.24) is 20.4 Å². The largest absolute Gasteiger partial charge is 0.339 e. The Bertz CT molecular complexity index is 499. The van der Waals surface area contributed by atoms with Gasteiger partial charge in [-0.05, 0) is 6.54 Å². The number of likely N-dealkylation sites (N-methyl/N-ethyl adjacent to an activating group) is 1. The molecule has 1 saturated heterocycles. The number of thioether (sulfide) groups is 1. The van der Waals surface area contributed by atoms with Crippen molar-refractivity contribution in [3.05, 3.63) is 16.8 Å². The third-order valence-corrected chi connectivity index (χ3v) is 4.74. The van der Waals surface area contributed by atoms with Crippen LogP contribution in [0.25, 0.3) is 11.5 Å². The van der Waals surface area contributed by atoms with Gasteiger partial charge in [-0.2, -0.15) is 16.7 Å². The first kappa shape index (κ1) is 12.1. The van der Waals surface area contributed by atoms with Gasteiger partial charge in [0.15, 0.2) is 0 Å². The Morgan fingerprint density at radius 3 is 3.22 bits per heavy atom. The molecule has 0 spiro atoms. The van der Waals surface area contributed by atoms with Crippen LogP contribution in [-0.2, 0) is 0 Å². The molecule has 0 amide bonds. The van der Waals surface area contributed by atoms with Crippen LogP contribution in [0.3, 0.4) is 0 Å². The summed E-state index contributed by atoms with van der Waals surface area (Å²) >= 11 is 3.46. The quantitative estimate of drug-likeness (QED) is 0.925. The molecule has 5 nitrogen and oxygen atoms in total. The predicted octanol–water partition coefficient (Wildman–Crippen LogP) is 2.00. The van der Waals surface area contributed by atoms with E-state index >= 15 is 0 Å².